The molecule has 3 aromatic heterocycles. The summed E-state index contributed by atoms with van der Waals surface area (Å²) in [7, 11) is 1.85. The second-order valence-corrected chi connectivity index (χ2v) is 6.85. The molecule has 0 bridgehead atoms. The molecule has 25 heavy (non-hydrogen) atoms. The normalized spacial score (nSPS) is 11.1. The summed E-state index contributed by atoms with van der Waals surface area (Å²) < 4.78 is 1.70. The average Bonchev–Trinajstić information content (AvgIpc) is 3.04. The monoisotopic (exact) mass is 368 g/mol. The summed E-state index contributed by atoms with van der Waals surface area (Å²) in [5.74, 6) is 0.930. The molecule has 0 fully saturated rings. The van der Waals surface area contributed by atoms with Crippen LogP contribution in [0.3, 0.4) is 0 Å². The number of halogens is 1. The van der Waals surface area contributed by atoms with Gasteiger partial charge in [-0.3, -0.25) is 4.68 Å². The topological polar surface area (TPSA) is 82.5 Å². The van der Waals surface area contributed by atoms with Crippen molar-refractivity contribution in [1.29, 1.82) is 0 Å². The summed E-state index contributed by atoms with van der Waals surface area (Å²) in [4.78, 5) is 14.2. The molecule has 0 aliphatic rings. The van der Waals surface area contributed by atoms with Crippen molar-refractivity contribution < 1.29 is 0 Å². The van der Waals surface area contributed by atoms with Crippen LogP contribution in [0, 0.1) is 0 Å². The molecular formula is C17H13ClN6S. The van der Waals surface area contributed by atoms with Gasteiger partial charge in [0.25, 0.3) is 0 Å². The molecule has 4 aromatic rings. The second kappa shape index (κ2) is 6.34. The van der Waals surface area contributed by atoms with Crippen LogP contribution in [0.15, 0.2) is 58.7 Å². The van der Waals surface area contributed by atoms with E-state index in [1.165, 1.54) is 11.8 Å². The Balaban J connectivity index is 1.74. The van der Waals surface area contributed by atoms with E-state index in [2.05, 4.69) is 20.1 Å². The molecule has 0 amide bonds. The number of pyridine rings is 1. The number of nitrogen functional groups attached to an aromatic ring is 1. The highest BCUT2D eigenvalue weighted by Crippen LogP contribution is 2.34. The molecule has 0 spiro atoms. The molecule has 0 atom stereocenters. The third-order valence-electron chi connectivity index (χ3n) is 3.58. The Hall–Kier alpha value is -2.64. The standard InChI is InChI=1S/C17H13ClN6S/c1-24-8-6-14(23-24)16-21-13-5-4-10(9-11(13)15(19)22-16)25-17-12(18)3-2-7-20-17/h2-9H,1H3,(H2,19,21,22). The van der Waals surface area contributed by atoms with E-state index in [0.29, 0.717) is 22.4 Å². The highest BCUT2D eigenvalue weighted by Gasteiger charge is 2.11. The quantitative estimate of drug-likeness (QED) is 0.592. The van der Waals surface area contributed by atoms with Crippen molar-refractivity contribution in [3.8, 4) is 11.5 Å². The van der Waals surface area contributed by atoms with Crippen molar-refractivity contribution in [1.82, 2.24) is 24.7 Å². The zero-order chi connectivity index (χ0) is 17.4. The average molecular weight is 369 g/mol. The molecule has 6 nitrogen and oxygen atoms in total. The first-order valence-corrected chi connectivity index (χ1v) is 8.65. The molecule has 0 saturated heterocycles. The fraction of sp³-hybridized carbons (Fsp3) is 0.0588. The van der Waals surface area contributed by atoms with E-state index in [0.717, 1.165) is 20.8 Å². The number of aryl methyl sites for hydroxylation is 1. The molecule has 0 radical (unpaired) electrons. The Morgan fingerprint density at radius 2 is 2.04 bits per heavy atom. The molecule has 0 aliphatic carbocycles. The fourth-order valence-corrected chi connectivity index (χ4v) is 3.45. The molecule has 8 heteroatoms. The summed E-state index contributed by atoms with van der Waals surface area (Å²) in [6.45, 7) is 0. The van der Waals surface area contributed by atoms with Crippen LogP contribution < -0.4 is 5.73 Å². The van der Waals surface area contributed by atoms with Crippen LogP contribution in [-0.4, -0.2) is 24.7 Å². The summed E-state index contributed by atoms with van der Waals surface area (Å²) in [5, 5.41) is 6.47. The third kappa shape index (κ3) is 3.16. The molecule has 0 saturated carbocycles. The van der Waals surface area contributed by atoms with Gasteiger partial charge in [-0.1, -0.05) is 23.4 Å². The summed E-state index contributed by atoms with van der Waals surface area (Å²) >= 11 is 7.64. The number of nitrogens with zero attached hydrogens (tertiary/aromatic N) is 5. The van der Waals surface area contributed by atoms with E-state index in [1.54, 1.807) is 16.9 Å². The number of fused-ring (bicyclic) bond motifs is 1. The smallest absolute Gasteiger partial charge is 0.182 e. The second-order valence-electron chi connectivity index (χ2n) is 5.38. The van der Waals surface area contributed by atoms with Crippen molar-refractivity contribution >= 4 is 40.1 Å². The molecule has 1 aromatic carbocycles. The predicted octanol–water partition coefficient (Wildman–Crippen LogP) is 3.81. The van der Waals surface area contributed by atoms with Gasteiger partial charge in [0, 0.05) is 29.7 Å². The predicted molar refractivity (Wildman–Crippen MR) is 99.5 cm³/mol. The third-order valence-corrected chi connectivity index (χ3v) is 5.00. The summed E-state index contributed by atoms with van der Waals surface area (Å²) in [6, 6.07) is 11.3. The zero-order valence-electron chi connectivity index (χ0n) is 13.2. The van der Waals surface area contributed by atoms with Gasteiger partial charge in [0.05, 0.1) is 10.5 Å². The molecule has 124 valence electrons. The maximum atomic E-state index is 6.17. The lowest BCUT2D eigenvalue weighted by Crippen LogP contribution is -1.99. The van der Waals surface area contributed by atoms with Gasteiger partial charge in [-0.2, -0.15) is 5.10 Å². The van der Waals surface area contributed by atoms with Crippen LogP contribution in [0.2, 0.25) is 5.02 Å². The van der Waals surface area contributed by atoms with Gasteiger partial charge >= 0.3 is 0 Å². The number of anilines is 1. The summed E-state index contributed by atoms with van der Waals surface area (Å²) in [6.07, 6.45) is 3.56. The van der Waals surface area contributed by atoms with Crippen LogP contribution in [0.1, 0.15) is 0 Å². The molecule has 0 unspecified atom stereocenters. The number of aromatic nitrogens is 5. The maximum Gasteiger partial charge on any atom is 0.182 e. The molecule has 2 N–H and O–H groups in total. The van der Waals surface area contributed by atoms with Gasteiger partial charge in [0.2, 0.25) is 0 Å². The van der Waals surface area contributed by atoms with Gasteiger partial charge in [-0.15, -0.1) is 0 Å². The number of hydrogen-bond acceptors (Lipinski definition) is 6. The Morgan fingerprint density at radius 3 is 2.80 bits per heavy atom. The minimum Gasteiger partial charge on any atom is -0.383 e. The largest absolute Gasteiger partial charge is 0.383 e. The summed E-state index contributed by atoms with van der Waals surface area (Å²) in [5.41, 5.74) is 7.61. The van der Waals surface area contributed by atoms with Crippen molar-refractivity contribution in [2.75, 3.05) is 5.73 Å². The Bertz CT molecular complexity index is 1080. The number of rotatable bonds is 3. The van der Waals surface area contributed by atoms with Crippen molar-refractivity contribution in [2.45, 2.75) is 9.92 Å². The fourth-order valence-electron chi connectivity index (χ4n) is 2.40. The first kappa shape index (κ1) is 15.9. The number of nitrogens with two attached hydrogens (primary N) is 1. The molecule has 4 rings (SSSR count). The van der Waals surface area contributed by atoms with E-state index in [4.69, 9.17) is 17.3 Å². The SMILES string of the molecule is Cn1ccc(-c2nc(N)c3cc(Sc4ncccc4Cl)ccc3n2)n1. The van der Waals surface area contributed by atoms with Gasteiger partial charge < -0.3 is 5.73 Å². The molecular weight excluding hydrogens is 356 g/mol. The lowest BCUT2D eigenvalue weighted by molar-refractivity contribution is 0.769. The Morgan fingerprint density at radius 1 is 1.16 bits per heavy atom. The van der Waals surface area contributed by atoms with E-state index in [1.807, 2.05) is 43.6 Å². The van der Waals surface area contributed by atoms with E-state index >= 15 is 0 Å². The van der Waals surface area contributed by atoms with Crippen molar-refractivity contribution in [2.24, 2.45) is 7.05 Å². The Labute approximate surface area is 153 Å². The highest BCUT2D eigenvalue weighted by molar-refractivity contribution is 7.99. The Kier molecular flexibility index (Phi) is 4.03. The van der Waals surface area contributed by atoms with Crippen LogP contribution in [0.5, 0.6) is 0 Å². The van der Waals surface area contributed by atoms with Gasteiger partial charge in [-0.25, -0.2) is 15.0 Å². The van der Waals surface area contributed by atoms with Crippen LogP contribution in [0.25, 0.3) is 22.4 Å². The minimum atomic E-state index is 0.417. The van der Waals surface area contributed by atoms with E-state index in [9.17, 15) is 0 Å². The van der Waals surface area contributed by atoms with Crippen molar-refractivity contribution in [3.63, 3.8) is 0 Å². The number of benzene rings is 1. The van der Waals surface area contributed by atoms with Gasteiger partial charge in [0.1, 0.15) is 16.5 Å². The van der Waals surface area contributed by atoms with E-state index in [-0.39, 0.29) is 0 Å². The highest BCUT2D eigenvalue weighted by atomic mass is 35.5. The lowest BCUT2D eigenvalue weighted by Gasteiger charge is -2.07. The lowest BCUT2D eigenvalue weighted by atomic mass is 10.2. The zero-order valence-corrected chi connectivity index (χ0v) is 14.8. The molecule has 3 heterocycles. The minimum absolute atomic E-state index is 0.417. The van der Waals surface area contributed by atoms with Crippen LogP contribution >= 0.6 is 23.4 Å². The van der Waals surface area contributed by atoms with E-state index < -0.39 is 0 Å². The van der Waals surface area contributed by atoms with Crippen LogP contribution in [-0.2, 0) is 7.05 Å². The van der Waals surface area contributed by atoms with Gasteiger partial charge in [0.15, 0.2) is 5.82 Å². The first-order chi connectivity index (χ1) is 12.1. The number of hydrogen-bond donors (Lipinski definition) is 1. The first-order valence-electron chi connectivity index (χ1n) is 7.46. The maximum absolute atomic E-state index is 6.17. The van der Waals surface area contributed by atoms with Gasteiger partial charge in [-0.05, 0) is 36.4 Å². The molecule has 0 aliphatic heterocycles. The van der Waals surface area contributed by atoms with Crippen molar-refractivity contribution in [3.05, 3.63) is 53.8 Å². The van der Waals surface area contributed by atoms with Crippen LogP contribution in [0.4, 0.5) is 5.82 Å².